The average molecular weight is 427 g/mol. The van der Waals surface area contributed by atoms with Crippen molar-refractivity contribution < 1.29 is 9.18 Å². The lowest BCUT2D eigenvalue weighted by Gasteiger charge is -2.11. The van der Waals surface area contributed by atoms with E-state index in [1.807, 2.05) is 14.0 Å². The molecule has 0 spiro atoms. The molecule has 7 nitrogen and oxygen atoms in total. The molecule has 2 aromatic heterocycles. The van der Waals surface area contributed by atoms with Gasteiger partial charge in [0.05, 0.1) is 5.69 Å². The molecule has 1 amide bonds. The lowest BCUT2D eigenvalue weighted by Crippen LogP contribution is -2.17. The van der Waals surface area contributed by atoms with E-state index in [0.717, 1.165) is 16.9 Å². The molecule has 0 fully saturated rings. The van der Waals surface area contributed by atoms with Gasteiger partial charge in [-0.3, -0.25) is 9.48 Å². The molecule has 9 heteroatoms. The van der Waals surface area contributed by atoms with Crippen LogP contribution in [0.15, 0.2) is 48.5 Å². The highest BCUT2D eigenvalue weighted by molar-refractivity contribution is 5.95. The first-order valence-corrected chi connectivity index (χ1v) is 9.02. The van der Waals surface area contributed by atoms with Gasteiger partial charge in [0.15, 0.2) is 11.6 Å². The molecule has 0 saturated heterocycles. The van der Waals surface area contributed by atoms with Crippen molar-refractivity contribution in [3.8, 4) is 11.4 Å². The zero-order valence-corrected chi connectivity index (χ0v) is 17.4. The quantitative estimate of drug-likeness (QED) is 0.515. The van der Waals surface area contributed by atoms with Crippen LogP contribution in [-0.2, 0) is 7.05 Å². The van der Waals surface area contributed by atoms with E-state index in [9.17, 15) is 9.18 Å². The van der Waals surface area contributed by atoms with E-state index in [1.165, 1.54) is 12.1 Å². The number of carbonyl (C=O) groups excluding carboxylic acids is 1. The van der Waals surface area contributed by atoms with Gasteiger partial charge in [-0.05, 0) is 55.5 Å². The second-order valence-corrected chi connectivity index (χ2v) is 6.59. The highest BCUT2D eigenvalue weighted by Crippen LogP contribution is 2.29. The minimum Gasteiger partial charge on any atom is -0.355 e. The van der Waals surface area contributed by atoms with Gasteiger partial charge in [-0.25, -0.2) is 14.4 Å². The van der Waals surface area contributed by atoms with Crippen molar-refractivity contribution >= 4 is 40.9 Å². The Morgan fingerprint density at radius 2 is 1.70 bits per heavy atom. The standard InChI is InChI=1S/C21H19FN6O.ClH/c1-12-17-18(28(3)27-12)20(24-16-10-6-14(7-11-16)21(29)23-2)26-19(25-17)13-4-8-15(22)9-5-13;/h4-11H,1-3H3,(H,23,29)(H,24,25,26);1H. The van der Waals surface area contributed by atoms with E-state index in [4.69, 9.17) is 0 Å². The Labute approximate surface area is 178 Å². The number of benzene rings is 2. The summed E-state index contributed by atoms with van der Waals surface area (Å²) in [5.74, 6) is 0.576. The monoisotopic (exact) mass is 426 g/mol. The summed E-state index contributed by atoms with van der Waals surface area (Å²) in [6, 6.07) is 13.1. The second kappa shape index (κ2) is 8.46. The van der Waals surface area contributed by atoms with E-state index >= 15 is 0 Å². The van der Waals surface area contributed by atoms with Crippen molar-refractivity contribution in [2.75, 3.05) is 12.4 Å². The number of nitrogens with one attached hydrogen (secondary N) is 2. The Hall–Kier alpha value is -3.52. The Balaban J connectivity index is 0.00000256. The van der Waals surface area contributed by atoms with Crippen molar-refractivity contribution in [1.82, 2.24) is 25.1 Å². The van der Waals surface area contributed by atoms with Crippen LogP contribution in [0.2, 0.25) is 0 Å². The first kappa shape index (κ1) is 21.2. The van der Waals surface area contributed by atoms with Gasteiger partial charge in [0, 0.05) is 30.9 Å². The Kier molecular flexibility index (Phi) is 5.98. The van der Waals surface area contributed by atoms with Gasteiger partial charge in [0.25, 0.3) is 5.91 Å². The molecule has 2 heterocycles. The van der Waals surface area contributed by atoms with Gasteiger partial charge in [0.1, 0.15) is 16.9 Å². The summed E-state index contributed by atoms with van der Waals surface area (Å²) < 4.78 is 15.0. The highest BCUT2D eigenvalue weighted by atomic mass is 35.5. The summed E-state index contributed by atoms with van der Waals surface area (Å²) in [4.78, 5) is 21.0. The van der Waals surface area contributed by atoms with Crippen LogP contribution in [0.25, 0.3) is 22.4 Å². The Morgan fingerprint density at radius 1 is 1.03 bits per heavy atom. The lowest BCUT2D eigenvalue weighted by molar-refractivity contribution is 0.0963. The van der Waals surface area contributed by atoms with E-state index in [0.29, 0.717) is 28.3 Å². The molecule has 0 saturated carbocycles. The molecular formula is C21H20ClFN6O. The molecule has 4 rings (SSSR count). The summed E-state index contributed by atoms with van der Waals surface area (Å²) in [6.07, 6.45) is 0. The number of rotatable bonds is 4. The van der Waals surface area contributed by atoms with Gasteiger partial charge in [0.2, 0.25) is 0 Å². The largest absolute Gasteiger partial charge is 0.355 e. The number of nitrogens with zero attached hydrogens (tertiary/aromatic N) is 4. The molecule has 0 aliphatic heterocycles. The van der Waals surface area contributed by atoms with Gasteiger partial charge < -0.3 is 10.6 Å². The van der Waals surface area contributed by atoms with Crippen molar-refractivity contribution in [2.45, 2.75) is 6.92 Å². The number of hydrogen-bond acceptors (Lipinski definition) is 5. The van der Waals surface area contributed by atoms with E-state index in [2.05, 4.69) is 25.7 Å². The first-order valence-electron chi connectivity index (χ1n) is 9.02. The predicted octanol–water partition coefficient (Wildman–Crippen LogP) is 4.00. The zero-order chi connectivity index (χ0) is 20.5. The van der Waals surface area contributed by atoms with Gasteiger partial charge >= 0.3 is 0 Å². The van der Waals surface area contributed by atoms with Crippen LogP contribution in [0.3, 0.4) is 0 Å². The van der Waals surface area contributed by atoms with Crippen LogP contribution >= 0.6 is 12.4 Å². The third-order valence-corrected chi connectivity index (χ3v) is 4.59. The van der Waals surface area contributed by atoms with Gasteiger partial charge in [-0.15, -0.1) is 12.4 Å². The van der Waals surface area contributed by atoms with Gasteiger partial charge in [-0.1, -0.05) is 0 Å². The minimum atomic E-state index is -0.318. The van der Waals surface area contributed by atoms with E-state index < -0.39 is 0 Å². The number of halogens is 2. The maximum Gasteiger partial charge on any atom is 0.251 e. The molecule has 154 valence electrons. The lowest BCUT2D eigenvalue weighted by atomic mass is 10.2. The van der Waals surface area contributed by atoms with Crippen LogP contribution in [0.1, 0.15) is 16.1 Å². The Bertz CT molecular complexity index is 1210. The van der Waals surface area contributed by atoms with Gasteiger partial charge in [-0.2, -0.15) is 5.10 Å². The first-order chi connectivity index (χ1) is 14.0. The van der Waals surface area contributed by atoms with Crippen LogP contribution < -0.4 is 10.6 Å². The fourth-order valence-electron chi connectivity index (χ4n) is 3.14. The summed E-state index contributed by atoms with van der Waals surface area (Å²) in [7, 11) is 3.42. The summed E-state index contributed by atoms with van der Waals surface area (Å²) in [5, 5.41) is 10.3. The van der Waals surface area contributed by atoms with Crippen molar-refractivity contribution in [1.29, 1.82) is 0 Å². The number of amides is 1. The molecule has 4 aromatic rings. The number of aryl methyl sites for hydroxylation is 2. The van der Waals surface area contributed by atoms with Crippen LogP contribution in [0.4, 0.5) is 15.9 Å². The van der Waals surface area contributed by atoms with Crippen molar-refractivity contribution in [3.05, 3.63) is 65.6 Å². The third kappa shape index (κ3) is 3.95. The summed E-state index contributed by atoms with van der Waals surface area (Å²) in [5.41, 5.74) is 4.27. The smallest absolute Gasteiger partial charge is 0.251 e. The van der Waals surface area contributed by atoms with Crippen molar-refractivity contribution in [3.63, 3.8) is 0 Å². The number of aromatic nitrogens is 4. The van der Waals surface area contributed by atoms with Crippen LogP contribution in [0, 0.1) is 12.7 Å². The molecule has 2 aromatic carbocycles. The minimum absolute atomic E-state index is 0. The predicted molar refractivity (Wildman–Crippen MR) is 117 cm³/mol. The molecular weight excluding hydrogens is 407 g/mol. The molecule has 0 unspecified atom stereocenters. The summed E-state index contributed by atoms with van der Waals surface area (Å²) >= 11 is 0. The number of carbonyl (C=O) groups is 1. The normalized spacial score (nSPS) is 10.5. The fraction of sp³-hybridized carbons (Fsp3) is 0.143. The molecule has 2 N–H and O–H groups in total. The Morgan fingerprint density at radius 3 is 2.33 bits per heavy atom. The highest BCUT2D eigenvalue weighted by Gasteiger charge is 2.16. The topological polar surface area (TPSA) is 84.7 Å². The number of anilines is 2. The van der Waals surface area contributed by atoms with E-state index in [1.54, 1.807) is 48.1 Å². The maximum atomic E-state index is 13.3. The molecule has 0 aliphatic carbocycles. The average Bonchev–Trinajstić information content (AvgIpc) is 3.02. The summed E-state index contributed by atoms with van der Waals surface area (Å²) in [6.45, 7) is 1.88. The maximum absolute atomic E-state index is 13.3. The SMILES string of the molecule is CNC(=O)c1ccc(Nc2nc(-c3ccc(F)cc3)nc3c(C)nn(C)c23)cc1.Cl. The molecule has 30 heavy (non-hydrogen) atoms. The molecule has 0 aliphatic rings. The van der Waals surface area contributed by atoms with E-state index in [-0.39, 0.29) is 24.1 Å². The molecule has 0 bridgehead atoms. The molecule has 0 atom stereocenters. The number of hydrogen-bond donors (Lipinski definition) is 2. The van der Waals surface area contributed by atoms with Crippen molar-refractivity contribution in [2.24, 2.45) is 7.05 Å². The van der Waals surface area contributed by atoms with Crippen LogP contribution in [0.5, 0.6) is 0 Å². The fourth-order valence-corrected chi connectivity index (χ4v) is 3.14. The van der Waals surface area contributed by atoms with Crippen LogP contribution in [-0.4, -0.2) is 32.7 Å². The molecule has 0 radical (unpaired) electrons. The number of fused-ring (bicyclic) bond motifs is 1. The third-order valence-electron chi connectivity index (χ3n) is 4.59. The zero-order valence-electron chi connectivity index (χ0n) is 16.6. The second-order valence-electron chi connectivity index (χ2n) is 6.59.